The maximum absolute atomic E-state index is 11.8. The van der Waals surface area contributed by atoms with E-state index < -0.39 is 0 Å². The van der Waals surface area contributed by atoms with Gasteiger partial charge in [0.05, 0.1) is 6.54 Å². The Kier molecular flexibility index (Phi) is 4.70. The van der Waals surface area contributed by atoms with E-state index in [0.717, 1.165) is 16.8 Å². The molecule has 0 saturated carbocycles. The summed E-state index contributed by atoms with van der Waals surface area (Å²) in [6.45, 7) is 8.63. The monoisotopic (exact) mass is 234 g/mol. The fraction of sp³-hybridized carbons (Fsp3) is 0.500. The predicted octanol–water partition coefficient (Wildman–Crippen LogP) is 2.58. The molecule has 0 bridgehead atoms. The van der Waals surface area contributed by atoms with E-state index in [1.54, 1.807) is 0 Å². The Morgan fingerprint density at radius 3 is 2.24 bits per heavy atom. The molecule has 94 valence electrons. The van der Waals surface area contributed by atoms with Gasteiger partial charge in [-0.3, -0.25) is 9.69 Å². The lowest BCUT2D eigenvalue weighted by atomic mass is 10.1. The third-order valence-corrected chi connectivity index (χ3v) is 2.78. The molecule has 1 aromatic rings. The van der Waals surface area contributed by atoms with Crippen LogP contribution in [0.5, 0.6) is 0 Å². The zero-order chi connectivity index (χ0) is 13.0. The maximum atomic E-state index is 11.8. The smallest absolute Gasteiger partial charge is 0.238 e. The van der Waals surface area contributed by atoms with E-state index in [1.807, 2.05) is 37.9 Å². The molecule has 17 heavy (non-hydrogen) atoms. The zero-order valence-corrected chi connectivity index (χ0v) is 11.4. The average Bonchev–Trinajstić information content (AvgIpc) is 2.14. The molecule has 0 saturated heterocycles. The number of benzene rings is 1. The lowest BCUT2D eigenvalue weighted by Gasteiger charge is -2.20. The number of hydrogen-bond acceptors (Lipinski definition) is 2. The van der Waals surface area contributed by atoms with Gasteiger partial charge in [0.25, 0.3) is 0 Å². The fourth-order valence-electron chi connectivity index (χ4n) is 1.66. The number of amides is 1. The molecule has 0 aliphatic carbocycles. The molecule has 0 fully saturated rings. The minimum Gasteiger partial charge on any atom is -0.325 e. The molecule has 0 aliphatic rings. The number of hydrogen-bond donors (Lipinski definition) is 1. The van der Waals surface area contributed by atoms with Gasteiger partial charge in [-0.2, -0.15) is 0 Å². The highest BCUT2D eigenvalue weighted by molar-refractivity contribution is 5.92. The number of carbonyl (C=O) groups excluding carboxylic acids is 1. The van der Waals surface area contributed by atoms with Crippen molar-refractivity contribution in [2.75, 3.05) is 18.9 Å². The summed E-state index contributed by atoms with van der Waals surface area (Å²) < 4.78 is 0. The van der Waals surface area contributed by atoms with Crippen molar-refractivity contribution < 1.29 is 4.79 Å². The van der Waals surface area contributed by atoms with Crippen molar-refractivity contribution in [1.82, 2.24) is 4.90 Å². The topological polar surface area (TPSA) is 32.3 Å². The third kappa shape index (κ3) is 4.57. The first kappa shape index (κ1) is 13.7. The first-order chi connectivity index (χ1) is 7.88. The van der Waals surface area contributed by atoms with Crippen LogP contribution in [-0.2, 0) is 4.79 Å². The number of rotatable bonds is 4. The van der Waals surface area contributed by atoms with Gasteiger partial charge in [0.15, 0.2) is 0 Å². The second kappa shape index (κ2) is 5.82. The number of nitrogens with one attached hydrogen (secondary N) is 1. The molecule has 3 nitrogen and oxygen atoms in total. The highest BCUT2D eigenvalue weighted by atomic mass is 16.2. The Bertz CT molecular complexity index is 379. The lowest BCUT2D eigenvalue weighted by Crippen LogP contribution is -2.34. The average molecular weight is 234 g/mol. The van der Waals surface area contributed by atoms with Crippen molar-refractivity contribution in [3.05, 3.63) is 29.3 Å². The summed E-state index contributed by atoms with van der Waals surface area (Å²) in [4.78, 5) is 13.8. The van der Waals surface area contributed by atoms with Crippen molar-refractivity contribution in [3.8, 4) is 0 Å². The minimum atomic E-state index is 0.0335. The number of carbonyl (C=O) groups is 1. The maximum Gasteiger partial charge on any atom is 0.238 e. The molecule has 1 N–H and O–H groups in total. The van der Waals surface area contributed by atoms with Crippen LogP contribution in [0, 0.1) is 13.8 Å². The number of nitrogens with zero attached hydrogens (tertiary/aromatic N) is 1. The van der Waals surface area contributed by atoms with Gasteiger partial charge in [0.2, 0.25) is 5.91 Å². The van der Waals surface area contributed by atoms with E-state index in [4.69, 9.17) is 0 Å². The number of anilines is 1. The summed E-state index contributed by atoms with van der Waals surface area (Å²) in [5.74, 6) is 0.0335. The van der Waals surface area contributed by atoms with Crippen LogP contribution in [0.4, 0.5) is 5.69 Å². The van der Waals surface area contributed by atoms with Gasteiger partial charge in [0.1, 0.15) is 0 Å². The molecular formula is C14H22N2O. The molecule has 1 rings (SSSR count). The van der Waals surface area contributed by atoms with Crippen LogP contribution in [0.25, 0.3) is 0 Å². The van der Waals surface area contributed by atoms with E-state index in [0.29, 0.717) is 12.6 Å². The van der Waals surface area contributed by atoms with E-state index in [-0.39, 0.29) is 5.91 Å². The molecular weight excluding hydrogens is 212 g/mol. The summed E-state index contributed by atoms with van der Waals surface area (Å²) in [6, 6.07) is 6.44. The van der Waals surface area contributed by atoms with Crippen LogP contribution in [0.2, 0.25) is 0 Å². The fourth-order valence-corrected chi connectivity index (χ4v) is 1.66. The second-order valence-corrected chi connectivity index (χ2v) is 4.93. The minimum absolute atomic E-state index is 0.0335. The van der Waals surface area contributed by atoms with Crippen LogP contribution < -0.4 is 5.32 Å². The van der Waals surface area contributed by atoms with Crippen LogP contribution >= 0.6 is 0 Å². The van der Waals surface area contributed by atoms with Crippen LogP contribution in [0.1, 0.15) is 25.0 Å². The Morgan fingerprint density at radius 1 is 1.24 bits per heavy atom. The summed E-state index contributed by atoms with van der Waals surface area (Å²) in [7, 11) is 1.95. The van der Waals surface area contributed by atoms with Crippen molar-refractivity contribution in [2.24, 2.45) is 0 Å². The molecule has 0 aromatic heterocycles. The van der Waals surface area contributed by atoms with Crippen molar-refractivity contribution in [3.63, 3.8) is 0 Å². The SMILES string of the molecule is Cc1cc(C)cc(NC(=O)CN(C)C(C)C)c1. The molecule has 0 unspecified atom stereocenters. The molecule has 1 amide bonds. The van der Waals surface area contributed by atoms with E-state index in [1.165, 1.54) is 0 Å². The summed E-state index contributed by atoms with van der Waals surface area (Å²) >= 11 is 0. The van der Waals surface area contributed by atoms with Crippen molar-refractivity contribution in [1.29, 1.82) is 0 Å². The van der Waals surface area contributed by atoms with E-state index >= 15 is 0 Å². The normalized spacial score (nSPS) is 11.0. The molecule has 3 heteroatoms. The Hall–Kier alpha value is -1.35. The van der Waals surface area contributed by atoms with Crippen LogP contribution in [0.15, 0.2) is 18.2 Å². The van der Waals surface area contributed by atoms with Gasteiger partial charge in [-0.15, -0.1) is 0 Å². The van der Waals surface area contributed by atoms with Gasteiger partial charge in [0, 0.05) is 11.7 Å². The van der Waals surface area contributed by atoms with Crippen molar-refractivity contribution >= 4 is 11.6 Å². The lowest BCUT2D eigenvalue weighted by molar-refractivity contribution is -0.117. The molecule has 0 atom stereocenters. The molecule has 1 aromatic carbocycles. The highest BCUT2D eigenvalue weighted by Gasteiger charge is 2.09. The predicted molar refractivity (Wildman–Crippen MR) is 72.3 cm³/mol. The Labute approximate surface area is 104 Å². The zero-order valence-electron chi connectivity index (χ0n) is 11.4. The standard InChI is InChI=1S/C14H22N2O/c1-10(2)16(5)9-14(17)15-13-7-11(3)6-12(4)8-13/h6-8,10H,9H2,1-5H3,(H,15,17). The Morgan fingerprint density at radius 2 is 1.76 bits per heavy atom. The first-order valence-corrected chi connectivity index (χ1v) is 5.97. The van der Waals surface area contributed by atoms with E-state index in [2.05, 4.69) is 25.2 Å². The van der Waals surface area contributed by atoms with Crippen LogP contribution in [0.3, 0.4) is 0 Å². The first-order valence-electron chi connectivity index (χ1n) is 5.97. The van der Waals surface area contributed by atoms with Gasteiger partial charge >= 0.3 is 0 Å². The van der Waals surface area contributed by atoms with Gasteiger partial charge < -0.3 is 5.32 Å². The molecule has 0 aliphatic heterocycles. The highest BCUT2D eigenvalue weighted by Crippen LogP contribution is 2.13. The summed E-state index contributed by atoms with van der Waals surface area (Å²) in [6.07, 6.45) is 0. The van der Waals surface area contributed by atoms with E-state index in [9.17, 15) is 4.79 Å². The third-order valence-electron chi connectivity index (χ3n) is 2.78. The number of likely N-dealkylation sites (N-methyl/N-ethyl adjacent to an activating group) is 1. The largest absolute Gasteiger partial charge is 0.325 e. The van der Waals surface area contributed by atoms with Gasteiger partial charge in [-0.1, -0.05) is 6.07 Å². The van der Waals surface area contributed by atoms with Crippen LogP contribution in [-0.4, -0.2) is 30.4 Å². The second-order valence-electron chi connectivity index (χ2n) is 4.93. The molecule has 0 radical (unpaired) electrons. The van der Waals surface area contributed by atoms with Gasteiger partial charge in [-0.25, -0.2) is 0 Å². The summed E-state index contributed by atoms with van der Waals surface area (Å²) in [5, 5.41) is 2.93. The van der Waals surface area contributed by atoms with Gasteiger partial charge in [-0.05, 0) is 58.0 Å². The number of aryl methyl sites for hydroxylation is 2. The quantitative estimate of drug-likeness (QED) is 0.868. The molecule has 0 heterocycles. The summed E-state index contributed by atoms with van der Waals surface area (Å²) in [5.41, 5.74) is 3.21. The molecule has 0 spiro atoms. The Balaban J connectivity index is 2.62. The van der Waals surface area contributed by atoms with Crippen molar-refractivity contribution in [2.45, 2.75) is 33.7 Å².